The van der Waals surface area contributed by atoms with Crippen LogP contribution in [0.1, 0.15) is 23.0 Å². The number of benzene rings is 1. The average molecular weight is 408 g/mol. The molecule has 1 unspecified atom stereocenters. The Balaban J connectivity index is 1.66. The molecule has 2 heterocycles. The summed E-state index contributed by atoms with van der Waals surface area (Å²) in [6.45, 7) is 4.10. The molecule has 1 aromatic carbocycles. The molecule has 0 bridgehead atoms. The first kappa shape index (κ1) is 20.9. The molecule has 0 N–H and O–H groups in total. The lowest BCUT2D eigenvalue weighted by molar-refractivity contribution is -0.274. The van der Waals surface area contributed by atoms with E-state index in [0.29, 0.717) is 18.9 Å². The molecule has 1 atom stereocenters. The summed E-state index contributed by atoms with van der Waals surface area (Å²) in [5.74, 6) is -0.385. The first-order chi connectivity index (χ1) is 13.6. The highest BCUT2D eigenvalue weighted by molar-refractivity contribution is 5.92. The standard InChI is InChI=1S/C20H23F3N4O2/c1-14-11-27(16-4-6-17(7-5-16)29-20(21,22)23)13-26(14)12-15-8-9-24-18(10-15)19(28)25(2)3/h4-10,14H,11-13H2,1-3H3. The zero-order valence-corrected chi connectivity index (χ0v) is 16.5. The van der Waals surface area contributed by atoms with E-state index in [-0.39, 0.29) is 17.7 Å². The normalized spacial score (nSPS) is 17.4. The van der Waals surface area contributed by atoms with E-state index in [0.717, 1.165) is 17.8 Å². The van der Waals surface area contributed by atoms with Crippen molar-refractivity contribution in [2.24, 2.45) is 0 Å². The summed E-state index contributed by atoms with van der Waals surface area (Å²) in [5, 5.41) is 0. The van der Waals surface area contributed by atoms with E-state index in [9.17, 15) is 18.0 Å². The van der Waals surface area contributed by atoms with Crippen molar-refractivity contribution in [3.05, 3.63) is 53.9 Å². The quantitative estimate of drug-likeness (QED) is 0.760. The molecule has 0 spiro atoms. The van der Waals surface area contributed by atoms with Crippen LogP contribution in [0.15, 0.2) is 42.6 Å². The Morgan fingerprint density at radius 1 is 1.24 bits per heavy atom. The Morgan fingerprint density at radius 3 is 2.55 bits per heavy atom. The van der Waals surface area contributed by atoms with Crippen LogP contribution in [-0.4, -0.2) is 60.4 Å². The van der Waals surface area contributed by atoms with Gasteiger partial charge in [-0.2, -0.15) is 0 Å². The average Bonchev–Trinajstić information content (AvgIpc) is 3.01. The molecule has 2 aromatic rings. The van der Waals surface area contributed by atoms with Gasteiger partial charge in [-0.05, 0) is 48.9 Å². The molecule has 6 nitrogen and oxygen atoms in total. The third-order valence-corrected chi connectivity index (χ3v) is 4.73. The van der Waals surface area contributed by atoms with Crippen LogP contribution in [0.5, 0.6) is 5.75 Å². The number of ether oxygens (including phenoxy) is 1. The van der Waals surface area contributed by atoms with Crippen LogP contribution in [0.4, 0.5) is 18.9 Å². The zero-order chi connectivity index (χ0) is 21.2. The largest absolute Gasteiger partial charge is 0.573 e. The Labute approximate surface area is 167 Å². The van der Waals surface area contributed by atoms with E-state index in [1.165, 1.54) is 17.0 Å². The molecular formula is C20H23F3N4O2. The third-order valence-electron chi connectivity index (χ3n) is 4.73. The maximum atomic E-state index is 12.3. The van der Waals surface area contributed by atoms with E-state index >= 15 is 0 Å². The van der Waals surface area contributed by atoms with Gasteiger partial charge in [0.1, 0.15) is 11.4 Å². The third kappa shape index (κ3) is 5.38. The van der Waals surface area contributed by atoms with Crippen LogP contribution in [0.25, 0.3) is 0 Å². The topological polar surface area (TPSA) is 48.9 Å². The summed E-state index contributed by atoms with van der Waals surface area (Å²) in [6, 6.07) is 9.79. The summed E-state index contributed by atoms with van der Waals surface area (Å²) in [4.78, 5) is 22.1. The number of alkyl halides is 3. The summed E-state index contributed by atoms with van der Waals surface area (Å²) in [6.07, 6.45) is -3.07. The lowest BCUT2D eigenvalue weighted by Crippen LogP contribution is -2.28. The van der Waals surface area contributed by atoms with Crippen LogP contribution >= 0.6 is 0 Å². The molecule has 0 saturated carbocycles. The number of nitrogens with zero attached hydrogens (tertiary/aromatic N) is 4. The maximum Gasteiger partial charge on any atom is 0.573 e. The fraction of sp³-hybridized carbons (Fsp3) is 0.400. The number of pyridine rings is 1. The van der Waals surface area contributed by atoms with Gasteiger partial charge < -0.3 is 14.5 Å². The van der Waals surface area contributed by atoms with Gasteiger partial charge in [-0.15, -0.1) is 13.2 Å². The summed E-state index contributed by atoms with van der Waals surface area (Å²) >= 11 is 0. The molecule has 156 valence electrons. The van der Waals surface area contributed by atoms with Gasteiger partial charge in [-0.25, -0.2) is 0 Å². The molecule has 1 aliphatic rings. The minimum Gasteiger partial charge on any atom is -0.406 e. The van der Waals surface area contributed by atoms with Crippen LogP contribution < -0.4 is 9.64 Å². The van der Waals surface area contributed by atoms with Crippen LogP contribution in [0.2, 0.25) is 0 Å². The second-order valence-electron chi connectivity index (χ2n) is 7.25. The smallest absolute Gasteiger partial charge is 0.406 e. The Morgan fingerprint density at radius 2 is 1.93 bits per heavy atom. The highest BCUT2D eigenvalue weighted by Gasteiger charge is 2.31. The van der Waals surface area contributed by atoms with Crippen molar-refractivity contribution in [3.8, 4) is 5.75 Å². The summed E-state index contributed by atoms with van der Waals surface area (Å²) in [5.41, 5.74) is 2.20. The van der Waals surface area contributed by atoms with Crippen molar-refractivity contribution >= 4 is 11.6 Å². The van der Waals surface area contributed by atoms with Crippen molar-refractivity contribution in [1.29, 1.82) is 0 Å². The number of carbonyl (C=O) groups is 1. The highest BCUT2D eigenvalue weighted by atomic mass is 19.4. The predicted molar refractivity (Wildman–Crippen MR) is 103 cm³/mol. The van der Waals surface area contributed by atoms with E-state index < -0.39 is 6.36 Å². The molecular weight excluding hydrogens is 385 g/mol. The number of aromatic nitrogens is 1. The van der Waals surface area contributed by atoms with Crippen molar-refractivity contribution < 1.29 is 22.7 Å². The molecule has 1 aromatic heterocycles. The van der Waals surface area contributed by atoms with Crippen molar-refractivity contribution in [2.75, 3.05) is 32.2 Å². The molecule has 1 saturated heterocycles. The SMILES string of the molecule is CC1CN(c2ccc(OC(F)(F)F)cc2)CN1Cc1ccnc(C(=O)N(C)C)c1. The second kappa shape index (κ2) is 8.28. The van der Waals surface area contributed by atoms with Gasteiger partial charge >= 0.3 is 6.36 Å². The lowest BCUT2D eigenvalue weighted by atomic mass is 10.2. The van der Waals surface area contributed by atoms with E-state index in [1.54, 1.807) is 38.5 Å². The first-order valence-corrected chi connectivity index (χ1v) is 9.14. The first-order valence-electron chi connectivity index (χ1n) is 9.14. The number of hydrogen-bond acceptors (Lipinski definition) is 5. The molecule has 29 heavy (non-hydrogen) atoms. The minimum absolute atomic E-state index is 0.149. The number of carbonyl (C=O) groups excluding carboxylic acids is 1. The number of halogens is 3. The van der Waals surface area contributed by atoms with E-state index in [4.69, 9.17) is 0 Å². The maximum absolute atomic E-state index is 12.3. The highest BCUT2D eigenvalue weighted by Crippen LogP contribution is 2.28. The van der Waals surface area contributed by atoms with Gasteiger partial charge in [0, 0.05) is 45.1 Å². The molecule has 0 radical (unpaired) electrons. The zero-order valence-electron chi connectivity index (χ0n) is 16.5. The number of anilines is 1. The fourth-order valence-corrected chi connectivity index (χ4v) is 3.26. The van der Waals surface area contributed by atoms with E-state index in [2.05, 4.69) is 26.4 Å². The van der Waals surface area contributed by atoms with Gasteiger partial charge in [0.25, 0.3) is 5.91 Å². The molecule has 1 amide bonds. The summed E-state index contributed by atoms with van der Waals surface area (Å²) in [7, 11) is 3.37. The fourth-order valence-electron chi connectivity index (χ4n) is 3.26. The van der Waals surface area contributed by atoms with Gasteiger partial charge in [-0.3, -0.25) is 14.7 Å². The minimum atomic E-state index is -4.70. The molecule has 1 aliphatic heterocycles. The van der Waals surface area contributed by atoms with Gasteiger partial charge in [-0.1, -0.05) is 0 Å². The van der Waals surface area contributed by atoms with E-state index in [1.807, 2.05) is 6.07 Å². The Kier molecular flexibility index (Phi) is 5.97. The Bertz CT molecular complexity index is 856. The van der Waals surface area contributed by atoms with Crippen molar-refractivity contribution in [2.45, 2.75) is 25.9 Å². The lowest BCUT2D eigenvalue weighted by Gasteiger charge is -2.21. The summed E-state index contributed by atoms with van der Waals surface area (Å²) < 4.78 is 40.8. The number of amides is 1. The molecule has 1 fully saturated rings. The van der Waals surface area contributed by atoms with Crippen LogP contribution in [-0.2, 0) is 6.54 Å². The van der Waals surface area contributed by atoms with Gasteiger partial charge in [0.2, 0.25) is 0 Å². The Hall–Kier alpha value is -2.81. The van der Waals surface area contributed by atoms with Crippen molar-refractivity contribution in [3.63, 3.8) is 0 Å². The second-order valence-corrected chi connectivity index (χ2v) is 7.25. The molecule has 0 aliphatic carbocycles. The molecule has 3 rings (SSSR count). The van der Waals surface area contributed by atoms with Crippen LogP contribution in [0.3, 0.4) is 0 Å². The van der Waals surface area contributed by atoms with Crippen molar-refractivity contribution in [1.82, 2.24) is 14.8 Å². The van der Waals surface area contributed by atoms with Crippen LogP contribution in [0, 0.1) is 0 Å². The van der Waals surface area contributed by atoms with Gasteiger partial charge in [0.15, 0.2) is 0 Å². The monoisotopic (exact) mass is 408 g/mol. The number of rotatable bonds is 5. The predicted octanol–water partition coefficient (Wildman–Crippen LogP) is 3.35. The van der Waals surface area contributed by atoms with Gasteiger partial charge in [0.05, 0.1) is 6.67 Å². The number of hydrogen-bond donors (Lipinski definition) is 0. The molecule has 9 heteroatoms.